The number of anilines is 1. The van der Waals surface area contributed by atoms with Crippen LogP contribution < -0.4 is 4.72 Å². The number of alkyl halides is 3. The van der Waals surface area contributed by atoms with E-state index in [-0.39, 0.29) is 30.9 Å². The fraction of sp³-hybridized carbons (Fsp3) is 0.333. The molecule has 2 rings (SSSR count). The molecule has 0 fully saturated rings. The van der Waals surface area contributed by atoms with Gasteiger partial charge in [0.05, 0.1) is 24.2 Å². The molecule has 26 heavy (non-hydrogen) atoms. The number of rotatable bonds is 8. The zero-order valence-corrected chi connectivity index (χ0v) is 14.1. The highest BCUT2D eigenvalue weighted by Gasteiger charge is 2.35. The van der Waals surface area contributed by atoms with Gasteiger partial charge in [0.25, 0.3) is 0 Å². The van der Waals surface area contributed by atoms with Crippen molar-refractivity contribution in [2.45, 2.75) is 25.6 Å². The van der Waals surface area contributed by atoms with Crippen LogP contribution in [0.3, 0.4) is 0 Å². The summed E-state index contributed by atoms with van der Waals surface area (Å²) in [6.07, 6.45) is -3.78. The molecule has 142 valence electrons. The Kier molecular flexibility index (Phi) is 5.59. The molecule has 0 aliphatic carbocycles. The molecule has 7 nitrogen and oxygen atoms in total. The van der Waals surface area contributed by atoms with E-state index in [0.29, 0.717) is 10.9 Å². The van der Waals surface area contributed by atoms with E-state index in [9.17, 15) is 31.2 Å². The third-order valence-electron chi connectivity index (χ3n) is 3.37. The van der Waals surface area contributed by atoms with E-state index in [0.717, 1.165) is 0 Å². The number of nitrogens with one attached hydrogen (secondary N) is 1. The number of ketones is 1. The summed E-state index contributed by atoms with van der Waals surface area (Å²) in [4.78, 5) is 22.3. The van der Waals surface area contributed by atoms with Crippen LogP contribution in [0, 0.1) is 0 Å². The van der Waals surface area contributed by atoms with Gasteiger partial charge in [-0.1, -0.05) is 6.07 Å². The molecule has 0 bridgehead atoms. The predicted octanol–water partition coefficient (Wildman–Crippen LogP) is 2.38. The van der Waals surface area contributed by atoms with Crippen LogP contribution >= 0.6 is 0 Å². The zero-order valence-electron chi connectivity index (χ0n) is 13.3. The van der Waals surface area contributed by atoms with Gasteiger partial charge in [-0.05, 0) is 23.6 Å². The molecule has 0 spiro atoms. The van der Waals surface area contributed by atoms with Crippen molar-refractivity contribution in [1.82, 2.24) is 4.57 Å². The van der Waals surface area contributed by atoms with Crippen LogP contribution in [-0.2, 0) is 26.2 Å². The zero-order chi connectivity index (χ0) is 19.5. The lowest BCUT2D eigenvalue weighted by Crippen LogP contribution is -2.27. The lowest BCUT2D eigenvalue weighted by Gasteiger charge is -2.11. The fourth-order valence-electron chi connectivity index (χ4n) is 2.33. The molecule has 11 heteroatoms. The second-order valence-corrected chi connectivity index (χ2v) is 7.35. The minimum Gasteiger partial charge on any atom is -0.481 e. The summed E-state index contributed by atoms with van der Waals surface area (Å²) in [5.41, 5.74) is 0.362. The number of fused-ring (bicyclic) bond motifs is 1. The Bertz CT molecular complexity index is 934. The van der Waals surface area contributed by atoms with Gasteiger partial charge in [-0.25, -0.2) is 8.42 Å². The van der Waals surface area contributed by atoms with Gasteiger partial charge in [-0.15, -0.1) is 0 Å². The molecule has 0 aliphatic rings. The molecule has 0 amide bonds. The van der Waals surface area contributed by atoms with E-state index in [4.69, 9.17) is 5.11 Å². The van der Waals surface area contributed by atoms with E-state index in [1.165, 1.54) is 22.8 Å². The van der Waals surface area contributed by atoms with Gasteiger partial charge in [0.1, 0.15) is 0 Å². The summed E-state index contributed by atoms with van der Waals surface area (Å²) in [5.74, 6) is -3.45. The average molecular weight is 392 g/mol. The van der Waals surface area contributed by atoms with Crippen molar-refractivity contribution in [2.24, 2.45) is 0 Å². The Morgan fingerprint density at radius 3 is 2.46 bits per heavy atom. The molecule has 2 N–H and O–H groups in total. The molecule has 0 atom stereocenters. The Balaban J connectivity index is 2.19. The SMILES string of the molecule is O=C(O)CCC(=O)Cn1ccc2ccc(NS(=O)(=O)CC(F)(F)F)cc21. The summed E-state index contributed by atoms with van der Waals surface area (Å²) in [5, 5.41) is 9.23. The van der Waals surface area contributed by atoms with Crippen molar-refractivity contribution < 1.29 is 36.3 Å². The van der Waals surface area contributed by atoms with Gasteiger partial charge in [0.15, 0.2) is 11.5 Å². The summed E-state index contributed by atoms with van der Waals surface area (Å²) < 4.78 is 63.3. The number of sulfonamides is 1. The first kappa shape index (κ1) is 19.8. The first-order chi connectivity index (χ1) is 12.0. The Morgan fingerprint density at radius 2 is 1.85 bits per heavy atom. The highest BCUT2D eigenvalue weighted by Crippen LogP contribution is 2.23. The molecule has 1 heterocycles. The van der Waals surface area contributed by atoms with Gasteiger partial charge in [-0.3, -0.25) is 14.3 Å². The number of halogens is 3. The van der Waals surface area contributed by atoms with Crippen LogP contribution in [0.1, 0.15) is 12.8 Å². The standard InChI is InChI=1S/C15H15F3N2O5S/c16-15(17,18)9-26(24,25)19-11-2-1-10-5-6-20(13(10)7-11)8-12(21)3-4-14(22)23/h1-2,5-7,19H,3-4,8-9H2,(H,22,23). The third-order valence-corrected chi connectivity index (χ3v) is 4.62. The predicted molar refractivity (Wildman–Crippen MR) is 87.3 cm³/mol. The molecule has 0 aliphatic heterocycles. The number of hydrogen-bond acceptors (Lipinski definition) is 4. The number of benzene rings is 1. The number of carbonyl (C=O) groups is 2. The molecule has 0 saturated heterocycles. The third kappa shape index (κ3) is 5.76. The van der Waals surface area contributed by atoms with Crippen molar-refractivity contribution in [2.75, 3.05) is 10.5 Å². The van der Waals surface area contributed by atoms with E-state index in [2.05, 4.69) is 0 Å². The highest BCUT2D eigenvalue weighted by molar-refractivity contribution is 7.92. The smallest absolute Gasteiger partial charge is 0.404 e. The molecule has 2 aromatic rings. The van der Waals surface area contributed by atoms with Gasteiger partial charge >= 0.3 is 12.1 Å². The van der Waals surface area contributed by atoms with Crippen LogP contribution in [0.4, 0.5) is 18.9 Å². The van der Waals surface area contributed by atoms with E-state index in [1.807, 2.05) is 4.72 Å². The topological polar surface area (TPSA) is 105 Å². The van der Waals surface area contributed by atoms with Gasteiger partial charge in [0.2, 0.25) is 10.0 Å². The average Bonchev–Trinajstić information content (AvgIpc) is 2.84. The molecule has 0 unspecified atom stereocenters. The van der Waals surface area contributed by atoms with Crippen molar-refractivity contribution in [3.63, 3.8) is 0 Å². The largest absolute Gasteiger partial charge is 0.481 e. The molecule has 0 saturated carbocycles. The van der Waals surface area contributed by atoms with E-state index < -0.39 is 27.9 Å². The lowest BCUT2D eigenvalue weighted by molar-refractivity contribution is -0.138. The Morgan fingerprint density at radius 1 is 1.15 bits per heavy atom. The second kappa shape index (κ2) is 7.36. The molecular formula is C15H15F3N2O5S. The molecule has 1 aromatic heterocycles. The maximum Gasteiger partial charge on any atom is 0.404 e. The normalized spacial score (nSPS) is 12.3. The first-order valence-electron chi connectivity index (χ1n) is 7.35. The van der Waals surface area contributed by atoms with Crippen LogP contribution in [0.2, 0.25) is 0 Å². The maximum atomic E-state index is 12.3. The molecule has 1 aromatic carbocycles. The van der Waals surface area contributed by atoms with Gasteiger partial charge in [-0.2, -0.15) is 13.2 Å². The monoisotopic (exact) mass is 392 g/mol. The van der Waals surface area contributed by atoms with Crippen molar-refractivity contribution in [3.05, 3.63) is 30.5 Å². The number of carbonyl (C=O) groups excluding carboxylic acids is 1. The first-order valence-corrected chi connectivity index (χ1v) is 9.00. The van der Waals surface area contributed by atoms with Gasteiger partial charge in [0, 0.05) is 12.6 Å². The summed E-state index contributed by atoms with van der Waals surface area (Å²) >= 11 is 0. The van der Waals surface area contributed by atoms with Crippen LogP contribution in [-0.4, -0.2) is 41.8 Å². The van der Waals surface area contributed by atoms with Crippen LogP contribution in [0.25, 0.3) is 10.9 Å². The summed E-state index contributed by atoms with van der Waals surface area (Å²) in [6, 6.07) is 5.77. The lowest BCUT2D eigenvalue weighted by atomic mass is 10.2. The highest BCUT2D eigenvalue weighted by atomic mass is 32.2. The van der Waals surface area contributed by atoms with Gasteiger partial charge < -0.3 is 9.67 Å². The quantitative estimate of drug-likeness (QED) is 0.718. The van der Waals surface area contributed by atoms with Crippen LogP contribution in [0.15, 0.2) is 30.5 Å². The fourth-order valence-corrected chi connectivity index (χ4v) is 3.32. The summed E-state index contributed by atoms with van der Waals surface area (Å²) in [7, 11) is -4.61. The Labute approximate surface area is 146 Å². The Hall–Kier alpha value is -2.56. The number of hydrogen-bond donors (Lipinski definition) is 2. The molecular weight excluding hydrogens is 377 g/mol. The van der Waals surface area contributed by atoms with E-state index >= 15 is 0 Å². The van der Waals surface area contributed by atoms with Crippen molar-refractivity contribution in [1.29, 1.82) is 0 Å². The van der Waals surface area contributed by atoms with E-state index in [1.54, 1.807) is 12.3 Å². The number of nitrogens with zero attached hydrogens (tertiary/aromatic N) is 1. The van der Waals surface area contributed by atoms with Crippen molar-refractivity contribution in [3.8, 4) is 0 Å². The maximum absolute atomic E-state index is 12.3. The summed E-state index contributed by atoms with van der Waals surface area (Å²) in [6.45, 7) is -0.129. The number of carboxylic acid groups (broad SMARTS) is 1. The number of Topliss-reactive ketones (excluding diaryl/α,β-unsaturated/α-hetero) is 1. The minimum atomic E-state index is -4.87. The number of aliphatic carboxylic acids is 1. The van der Waals surface area contributed by atoms with Crippen molar-refractivity contribution >= 4 is 38.4 Å². The number of carboxylic acids is 1. The molecule has 0 radical (unpaired) electrons. The number of aromatic nitrogens is 1. The second-order valence-electron chi connectivity index (χ2n) is 5.63. The van der Waals surface area contributed by atoms with Crippen LogP contribution in [0.5, 0.6) is 0 Å². The minimum absolute atomic E-state index is 0.0697.